The summed E-state index contributed by atoms with van der Waals surface area (Å²) >= 11 is 5.72. The monoisotopic (exact) mass is 330 g/mol. The molecule has 0 bridgehead atoms. The van der Waals surface area contributed by atoms with Crippen molar-refractivity contribution < 1.29 is 9.21 Å². The normalized spacial score (nSPS) is 12.1. The van der Waals surface area contributed by atoms with Crippen LogP contribution < -0.4 is 0 Å². The number of amides is 1. The Morgan fingerprint density at radius 2 is 2.00 bits per heavy atom. The average molecular weight is 331 g/mol. The van der Waals surface area contributed by atoms with E-state index in [2.05, 4.69) is 10.1 Å². The van der Waals surface area contributed by atoms with Gasteiger partial charge in [0.1, 0.15) is 12.7 Å². The van der Waals surface area contributed by atoms with Gasteiger partial charge in [-0.25, -0.2) is 9.67 Å². The second-order valence-corrected chi connectivity index (χ2v) is 5.50. The van der Waals surface area contributed by atoms with Crippen LogP contribution in [0.5, 0.6) is 0 Å². The van der Waals surface area contributed by atoms with Crippen LogP contribution in [0.4, 0.5) is 0 Å². The van der Waals surface area contributed by atoms with Gasteiger partial charge in [-0.05, 0) is 48.4 Å². The molecular weight excluding hydrogens is 316 g/mol. The van der Waals surface area contributed by atoms with E-state index in [1.165, 1.54) is 6.33 Å². The predicted octanol–water partition coefficient (Wildman–Crippen LogP) is 3.35. The third-order valence-corrected chi connectivity index (χ3v) is 3.95. The highest BCUT2D eigenvalue weighted by molar-refractivity contribution is 6.29. The molecule has 6 nitrogen and oxygen atoms in total. The average Bonchev–Trinajstić information content (AvgIpc) is 3.24. The van der Waals surface area contributed by atoms with Crippen molar-refractivity contribution in [2.24, 2.45) is 0 Å². The number of hydrogen-bond acceptors (Lipinski definition) is 4. The Balaban J connectivity index is 1.77. The van der Waals surface area contributed by atoms with Crippen molar-refractivity contribution in [2.75, 3.05) is 7.05 Å². The Morgan fingerprint density at radius 1 is 1.26 bits per heavy atom. The highest BCUT2D eigenvalue weighted by atomic mass is 35.5. The van der Waals surface area contributed by atoms with Crippen LogP contribution in [0.1, 0.15) is 29.1 Å². The fourth-order valence-electron chi connectivity index (χ4n) is 2.25. The van der Waals surface area contributed by atoms with Crippen molar-refractivity contribution in [2.45, 2.75) is 13.0 Å². The first-order chi connectivity index (χ1) is 11.1. The first-order valence-corrected chi connectivity index (χ1v) is 7.41. The van der Waals surface area contributed by atoms with Gasteiger partial charge in [0.2, 0.25) is 0 Å². The van der Waals surface area contributed by atoms with Crippen LogP contribution in [0, 0.1) is 0 Å². The van der Waals surface area contributed by atoms with Crippen molar-refractivity contribution >= 4 is 17.5 Å². The van der Waals surface area contributed by atoms with Gasteiger partial charge < -0.3 is 9.32 Å². The molecule has 23 heavy (non-hydrogen) atoms. The summed E-state index contributed by atoms with van der Waals surface area (Å²) in [7, 11) is 1.73. The van der Waals surface area contributed by atoms with E-state index in [9.17, 15) is 4.79 Å². The fraction of sp³-hybridized carbons (Fsp3) is 0.188. The molecule has 3 aromatic rings. The number of hydrogen-bond donors (Lipinski definition) is 0. The summed E-state index contributed by atoms with van der Waals surface area (Å²) in [6.45, 7) is 1.95. The van der Waals surface area contributed by atoms with Crippen LogP contribution in [-0.2, 0) is 0 Å². The Bertz CT molecular complexity index is 796. The van der Waals surface area contributed by atoms with Gasteiger partial charge in [-0.15, -0.1) is 0 Å². The number of carbonyl (C=O) groups excluding carboxylic acids is 1. The number of rotatable bonds is 4. The quantitative estimate of drug-likeness (QED) is 0.736. The first-order valence-electron chi connectivity index (χ1n) is 7.03. The Kier molecular flexibility index (Phi) is 4.16. The van der Waals surface area contributed by atoms with Crippen LogP contribution >= 0.6 is 11.6 Å². The third kappa shape index (κ3) is 3.12. The molecule has 1 atom stereocenters. The second kappa shape index (κ2) is 6.26. The van der Waals surface area contributed by atoms with Gasteiger partial charge in [-0.3, -0.25) is 4.79 Å². The molecule has 1 aromatic carbocycles. The molecule has 0 spiro atoms. The number of nitrogens with zero attached hydrogens (tertiary/aromatic N) is 4. The molecule has 2 aromatic heterocycles. The van der Waals surface area contributed by atoms with E-state index >= 15 is 0 Å². The molecule has 1 unspecified atom stereocenters. The van der Waals surface area contributed by atoms with Crippen LogP contribution in [0.3, 0.4) is 0 Å². The van der Waals surface area contributed by atoms with Crippen molar-refractivity contribution in [1.82, 2.24) is 19.7 Å². The minimum Gasteiger partial charge on any atom is -0.440 e. The van der Waals surface area contributed by atoms with Gasteiger partial charge in [-0.2, -0.15) is 5.10 Å². The molecule has 2 heterocycles. The van der Waals surface area contributed by atoms with E-state index < -0.39 is 0 Å². The zero-order chi connectivity index (χ0) is 16.4. The summed E-state index contributed by atoms with van der Waals surface area (Å²) in [6.07, 6.45) is 3.12. The fourth-order valence-corrected chi connectivity index (χ4v) is 2.40. The SMILES string of the molecule is CC(c1ccc(-n2cncn2)cc1)N(C)C(=O)c1ccc(Cl)o1. The number of carbonyl (C=O) groups is 1. The first kappa shape index (κ1) is 15.3. The summed E-state index contributed by atoms with van der Waals surface area (Å²) in [5.41, 5.74) is 1.91. The maximum Gasteiger partial charge on any atom is 0.289 e. The summed E-state index contributed by atoms with van der Waals surface area (Å²) in [4.78, 5) is 17.9. The van der Waals surface area contributed by atoms with Gasteiger partial charge in [-0.1, -0.05) is 12.1 Å². The lowest BCUT2D eigenvalue weighted by molar-refractivity contribution is 0.0710. The van der Waals surface area contributed by atoms with E-state index in [-0.39, 0.29) is 22.9 Å². The van der Waals surface area contributed by atoms with E-state index in [0.717, 1.165) is 11.3 Å². The molecular formula is C16H15ClN4O2. The smallest absolute Gasteiger partial charge is 0.289 e. The molecule has 0 fully saturated rings. The van der Waals surface area contributed by atoms with Crippen molar-refractivity contribution in [1.29, 1.82) is 0 Å². The summed E-state index contributed by atoms with van der Waals surface area (Å²) < 4.78 is 6.85. The third-order valence-electron chi connectivity index (χ3n) is 3.74. The topological polar surface area (TPSA) is 64.2 Å². The van der Waals surface area contributed by atoms with Gasteiger partial charge >= 0.3 is 0 Å². The highest BCUT2D eigenvalue weighted by Gasteiger charge is 2.21. The predicted molar refractivity (Wildman–Crippen MR) is 85.6 cm³/mol. The molecule has 1 amide bonds. The molecule has 0 aliphatic rings. The minimum atomic E-state index is -0.218. The minimum absolute atomic E-state index is 0.115. The standard InChI is InChI=1S/C16H15ClN4O2/c1-11(20(2)16(22)14-7-8-15(17)23-14)12-3-5-13(6-4-12)21-10-18-9-19-21/h3-11H,1-2H3. The van der Waals surface area contributed by atoms with Gasteiger partial charge in [0.25, 0.3) is 5.91 Å². The van der Waals surface area contributed by atoms with Gasteiger partial charge in [0.05, 0.1) is 11.7 Å². The number of furan rings is 1. The lowest BCUT2D eigenvalue weighted by atomic mass is 10.1. The lowest BCUT2D eigenvalue weighted by Crippen LogP contribution is -2.29. The van der Waals surface area contributed by atoms with E-state index in [0.29, 0.717) is 0 Å². The van der Waals surface area contributed by atoms with Crippen LogP contribution in [0.25, 0.3) is 5.69 Å². The van der Waals surface area contributed by atoms with Crippen LogP contribution in [0.15, 0.2) is 53.5 Å². The Labute approximate surface area is 138 Å². The van der Waals surface area contributed by atoms with Gasteiger partial charge in [0, 0.05) is 7.05 Å². The summed E-state index contributed by atoms with van der Waals surface area (Å²) in [5, 5.41) is 4.28. The van der Waals surface area contributed by atoms with E-state index in [1.54, 1.807) is 35.1 Å². The summed E-state index contributed by atoms with van der Waals surface area (Å²) in [6, 6.07) is 10.8. The van der Waals surface area contributed by atoms with E-state index in [1.807, 2.05) is 31.2 Å². The molecule has 118 valence electrons. The zero-order valence-electron chi connectivity index (χ0n) is 12.7. The van der Waals surface area contributed by atoms with Crippen LogP contribution in [0.2, 0.25) is 5.22 Å². The lowest BCUT2D eigenvalue weighted by Gasteiger charge is -2.24. The number of halogens is 1. The molecule has 0 aliphatic carbocycles. The molecule has 0 N–H and O–H groups in total. The van der Waals surface area contributed by atoms with Gasteiger partial charge in [0.15, 0.2) is 11.0 Å². The maximum absolute atomic E-state index is 12.4. The second-order valence-electron chi connectivity index (χ2n) is 5.13. The Hall–Kier alpha value is -2.60. The molecule has 0 saturated heterocycles. The summed E-state index contributed by atoms with van der Waals surface area (Å²) in [5.74, 6) is 0.00772. The highest BCUT2D eigenvalue weighted by Crippen LogP contribution is 2.23. The molecule has 0 saturated carbocycles. The van der Waals surface area contributed by atoms with Crippen molar-refractivity contribution in [3.05, 3.63) is 65.6 Å². The Morgan fingerprint density at radius 3 is 2.57 bits per heavy atom. The molecule has 0 radical (unpaired) electrons. The largest absolute Gasteiger partial charge is 0.440 e. The van der Waals surface area contributed by atoms with Crippen molar-refractivity contribution in [3.63, 3.8) is 0 Å². The number of benzene rings is 1. The van der Waals surface area contributed by atoms with E-state index in [4.69, 9.17) is 16.0 Å². The maximum atomic E-state index is 12.4. The molecule has 7 heteroatoms. The van der Waals surface area contributed by atoms with Crippen LogP contribution in [-0.4, -0.2) is 32.6 Å². The zero-order valence-corrected chi connectivity index (χ0v) is 13.4. The molecule has 0 aliphatic heterocycles. The molecule has 3 rings (SSSR count). The number of aromatic nitrogens is 3. The van der Waals surface area contributed by atoms with Crippen molar-refractivity contribution in [3.8, 4) is 5.69 Å².